The molecule has 126 valence electrons. The average molecular weight is 326 g/mol. The fraction of sp³-hybridized carbons (Fsp3) is 0.263. The number of aliphatic hydroxyl groups excluding tert-OH is 1. The molecule has 0 aromatic heterocycles. The van der Waals surface area contributed by atoms with Gasteiger partial charge < -0.3 is 15.7 Å². The van der Waals surface area contributed by atoms with Gasteiger partial charge in [-0.3, -0.25) is 4.79 Å². The van der Waals surface area contributed by atoms with E-state index in [9.17, 15) is 14.7 Å². The van der Waals surface area contributed by atoms with Crippen molar-refractivity contribution < 1.29 is 14.7 Å². The Hall–Kier alpha value is -2.66. The van der Waals surface area contributed by atoms with E-state index in [1.165, 1.54) is 0 Å². The van der Waals surface area contributed by atoms with E-state index in [1.807, 2.05) is 25.1 Å². The Morgan fingerprint density at radius 3 is 2.46 bits per heavy atom. The number of aliphatic hydroxyl groups is 1. The highest BCUT2D eigenvalue weighted by Crippen LogP contribution is 2.15. The predicted molar refractivity (Wildman–Crippen MR) is 94.3 cm³/mol. The van der Waals surface area contributed by atoms with Crippen molar-refractivity contribution in [2.75, 3.05) is 11.9 Å². The molecule has 0 saturated heterocycles. The first kappa shape index (κ1) is 17.7. The van der Waals surface area contributed by atoms with Crippen molar-refractivity contribution in [1.82, 2.24) is 5.32 Å². The van der Waals surface area contributed by atoms with Crippen molar-refractivity contribution in [3.05, 3.63) is 65.7 Å². The van der Waals surface area contributed by atoms with Crippen molar-refractivity contribution in [3.8, 4) is 0 Å². The Kier molecular flexibility index (Phi) is 6.51. The molecule has 0 spiro atoms. The molecule has 0 aliphatic rings. The van der Waals surface area contributed by atoms with Gasteiger partial charge in [-0.1, -0.05) is 49.4 Å². The van der Waals surface area contributed by atoms with Gasteiger partial charge >= 0.3 is 6.03 Å². The predicted octanol–water partition coefficient (Wildman–Crippen LogP) is 3.20. The number of ketones is 1. The minimum atomic E-state index is -0.405. The summed E-state index contributed by atoms with van der Waals surface area (Å²) < 4.78 is 0. The van der Waals surface area contributed by atoms with Crippen LogP contribution in [0.2, 0.25) is 0 Å². The van der Waals surface area contributed by atoms with E-state index in [4.69, 9.17) is 0 Å². The highest BCUT2D eigenvalue weighted by Gasteiger charge is 2.10. The molecule has 5 nitrogen and oxygen atoms in total. The Morgan fingerprint density at radius 2 is 1.75 bits per heavy atom. The zero-order valence-electron chi connectivity index (χ0n) is 13.7. The molecule has 0 aliphatic heterocycles. The van der Waals surface area contributed by atoms with Crippen LogP contribution in [0.5, 0.6) is 0 Å². The number of urea groups is 1. The topological polar surface area (TPSA) is 78.4 Å². The number of hydrogen-bond donors (Lipinski definition) is 3. The first-order chi connectivity index (χ1) is 11.6. The van der Waals surface area contributed by atoms with E-state index in [1.54, 1.807) is 36.4 Å². The smallest absolute Gasteiger partial charge is 0.319 e. The van der Waals surface area contributed by atoms with Crippen molar-refractivity contribution in [1.29, 1.82) is 0 Å². The van der Waals surface area contributed by atoms with Gasteiger partial charge in [-0.15, -0.1) is 0 Å². The van der Waals surface area contributed by atoms with Gasteiger partial charge in [0.15, 0.2) is 5.78 Å². The number of nitrogens with one attached hydrogen (secondary N) is 2. The first-order valence-corrected chi connectivity index (χ1v) is 8.03. The zero-order chi connectivity index (χ0) is 17.4. The second kappa shape index (κ2) is 8.84. The van der Waals surface area contributed by atoms with Crippen LogP contribution in [0, 0.1) is 0 Å². The number of rotatable bonds is 7. The van der Waals surface area contributed by atoms with E-state index < -0.39 is 6.10 Å². The lowest BCUT2D eigenvalue weighted by Crippen LogP contribution is -2.31. The molecular weight excluding hydrogens is 304 g/mol. The van der Waals surface area contributed by atoms with Crippen LogP contribution in [0.4, 0.5) is 10.5 Å². The van der Waals surface area contributed by atoms with Crippen LogP contribution >= 0.6 is 0 Å². The molecule has 2 aromatic rings. The summed E-state index contributed by atoms with van der Waals surface area (Å²) in [5.74, 6) is -0.0919. The molecule has 0 saturated carbocycles. The maximum Gasteiger partial charge on any atom is 0.319 e. The van der Waals surface area contributed by atoms with Gasteiger partial charge in [0.2, 0.25) is 0 Å². The van der Waals surface area contributed by atoms with E-state index >= 15 is 0 Å². The average Bonchev–Trinajstić information content (AvgIpc) is 2.61. The molecule has 0 aliphatic carbocycles. The Labute approximate surface area is 141 Å². The molecule has 2 aromatic carbocycles. The van der Waals surface area contributed by atoms with E-state index in [-0.39, 0.29) is 11.8 Å². The molecule has 2 rings (SSSR count). The van der Waals surface area contributed by atoms with Gasteiger partial charge in [-0.05, 0) is 25.0 Å². The van der Waals surface area contributed by atoms with Crippen LogP contribution in [0.1, 0.15) is 35.7 Å². The molecule has 0 fully saturated rings. The summed E-state index contributed by atoms with van der Waals surface area (Å²) >= 11 is 0. The van der Waals surface area contributed by atoms with Crippen molar-refractivity contribution in [2.45, 2.75) is 25.9 Å². The molecule has 2 amide bonds. The monoisotopic (exact) mass is 326 g/mol. The first-order valence-electron chi connectivity index (χ1n) is 8.03. The van der Waals surface area contributed by atoms with E-state index in [0.717, 1.165) is 0 Å². The summed E-state index contributed by atoms with van der Waals surface area (Å²) in [6, 6.07) is 15.5. The third kappa shape index (κ3) is 5.21. The second-order valence-corrected chi connectivity index (χ2v) is 5.51. The maximum atomic E-state index is 12.4. The minimum absolute atomic E-state index is 0.0919. The second-order valence-electron chi connectivity index (χ2n) is 5.51. The Bertz CT molecular complexity index is 686. The SMILES string of the molecule is CCC(O)CCNC(=O)Nc1cccc(C(=O)c2ccccc2)c1. The summed E-state index contributed by atoms with van der Waals surface area (Å²) in [6.45, 7) is 2.28. The molecule has 5 heteroatoms. The lowest BCUT2D eigenvalue weighted by atomic mass is 10.0. The summed E-state index contributed by atoms with van der Waals surface area (Å²) in [5.41, 5.74) is 1.67. The summed E-state index contributed by atoms with van der Waals surface area (Å²) in [6.07, 6.45) is 0.765. The maximum absolute atomic E-state index is 12.4. The van der Waals surface area contributed by atoms with Crippen LogP contribution in [0.15, 0.2) is 54.6 Å². The van der Waals surface area contributed by atoms with E-state index in [0.29, 0.717) is 36.2 Å². The molecule has 3 N–H and O–H groups in total. The van der Waals surface area contributed by atoms with Crippen LogP contribution in [0.25, 0.3) is 0 Å². The fourth-order valence-corrected chi connectivity index (χ4v) is 2.23. The Morgan fingerprint density at radius 1 is 1.04 bits per heavy atom. The number of amides is 2. The number of carbonyl (C=O) groups excluding carboxylic acids is 2. The standard InChI is InChI=1S/C19H22N2O3/c1-2-17(22)11-12-20-19(24)21-16-10-6-9-15(13-16)18(23)14-7-4-3-5-8-14/h3-10,13,17,22H,2,11-12H2,1H3,(H2,20,21,24). The van der Waals surface area contributed by atoms with Crippen molar-refractivity contribution in [3.63, 3.8) is 0 Å². The van der Waals surface area contributed by atoms with Gasteiger partial charge in [-0.25, -0.2) is 4.79 Å². The third-order valence-electron chi connectivity index (χ3n) is 3.65. The molecule has 0 bridgehead atoms. The largest absolute Gasteiger partial charge is 0.393 e. The van der Waals surface area contributed by atoms with Crippen LogP contribution in [-0.4, -0.2) is 29.6 Å². The summed E-state index contributed by atoms with van der Waals surface area (Å²) in [4.78, 5) is 24.3. The molecule has 0 heterocycles. The molecule has 24 heavy (non-hydrogen) atoms. The summed E-state index contributed by atoms with van der Waals surface area (Å²) in [5, 5.41) is 14.8. The molecule has 1 unspecified atom stereocenters. The van der Waals surface area contributed by atoms with Gasteiger partial charge in [0.1, 0.15) is 0 Å². The van der Waals surface area contributed by atoms with Gasteiger partial charge in [0, 0.05) is 23.4 Å². The van der Waals surface area contributed by atoms with Crippen LogP contribution in [-0.2, 0) is 0 Å². The third-order valence-corrected chi connectivity index (χ3v) is 3.65. The lowest BCUT2D eigenvalue weighted by Gasteiger charge is -2.10. The normalized spacial score (nSPS) is 11.6. The zero-order valence-corrected chi connectivity index (χ0v) is 13.7. The summed E-state index contributed by atoms with van der Waals surface area (Å²) in [7, 11) is 0. The van der Waals surface area contributed by atoms with E-state index in [2.05, 4.69) is 10.6 Å². The molecule has 1 atom stereocenters. The van der Waals surface area contributed by atoms with Crippen LogP contribution < -0.4 is 10.6 Å². The van der Waals surface area contributed by atoms with Crippen molar-refractivity contribution >= 4 is 17.5 Å². The van der Waals surface area contributed by atoms with Crippen molar-refractivity contribution in [2.24, 2.45) is 0 Å². The fourth-order valence-electron chi connectivity index (χ4n) is 2.23. The minimum Gasteiger partial charge on any atom is -0.393 e. The quantitative estimate of drug-likeness (QED) is 0.684. The Balaban J connectivity index is 1.95. The number of carbonyl (C=O) groups is 2. The number of hydrogen-bond acceptors (Lipinski definition) is 3. The number of anilines is 1. The lowest BCUT2D eigenvalue weighted by molar-refractivity contribution is 0.103. The van der Waals surface area contributed by atoms with Gasteiger partial charge in [-0.2, -0.15) is 0 Å². The molecule has 0 radical (unpaired) electrons. The highest BCUT2D eigenvalue weighted by atomic mass is 16.3. The van der Waals surface area contributed by atoms with Gasteiger partial charge in [0.25, 0.3) is 0 Å². The molecular formula is C19H22N2O3. The number of benzene rings is 2. The van der Waals surface area contributed by atoms with Crippen LogP contribution in [0.3, 0.4) is 0 Å². The highest BCUT2D eigenvalue weighted by molar-refractivity contribution is 6.09. The van der Waals surface area contributed by atoms with Gasteiger partial charge in [0.05, 0.1) is 6.10 Å².